The molecule has 0 spiro atoms. The molecule has 1 aromatic carbocycles. The minimum absolute atomic E-state index is 0.340. The molecule has 0 radical (unpaired) electrons. The van der Waals surface area contributed by atoms with Crippen molar-refractivity contribution in [2.24, 2.45) is 0 Å². The summed E-state index contributed by atoms with van der Waals surface area (Å²) in [6.45, 7) is 2.10. The van der Waals surface area contributed by atoms with Crippen LogP contribution in [0, 0.1) is 0 Å². The number of aromatic nitrogens is 1. The van der Waals surface area contributed by atoms with Crippen molar-refractivity contribution in [2.45, 2.75) is 6.92 Å². The molecule has 0 aliphatic rings. The Morgan fingerprint density at radius 3 is 2.70 bits per heavy atom. The summed E-state index contributed by atoms with van der Waals surface area (Å²) < 4.78 is 15.5. The standard InChI is InChI=1S/C15H15NO4/c1-3-19-15(17)11-5-4-6-12(9-11)20-13-7-8-14(18-2)16-10-13/h4-10H,3H2,1-2H3. The van der Waals surface area contributed by atoms with Gasteiger partial charge in [0.15, 0.2) is 0 Å². The maximum atomic E-state index is 11.6. The van der Waals surface area contributed by atoms with Gasteiger partial charge < -0.3 is 14.2 Å². The van der Waals surface area contributed by atoms with Crippen LogP contribution in [0.1, 0.15) is 17.3 Å². The molecule has 0 aliphatic heterocycles. The van der Waals surface area contributed by atoms with Crippen molar-refractivity contribution >= 4 is 5.97 Å². The highest BCUT2D eigenvalue weighted by Gasteiger charge is 2.07. The molecule has 1 heterocycles. The minimum Gasteiger partial charge on any atom is -0.481 e. The smallest absolute Gasteiger partial charge is 0.338 e. The SMILES string of the molecule is CCOC(=O)c1cccc(Oc2ccc(OC)nc2)c1. The van der Waals surface area contributed by atoms with Crippen LogP contribution >= 0.6 is 0 Å². The molecule has 5 heteroatoms. The average Bonchev–Trinajstić information content (AvgIpc) is 2.48. The normalized spacial score (nSPS) is 9.90. The Morgan fingerprint density at radius 2 is 2.05 bits per heavy atom. The Labute approximate surface area is 117 Å². The maximum Gasteiger partial charge on any atom is 0.338 e. The van der Waals surface area contributed by atoms with Crippen molar-refractivity contribution < 1.29 is 19.0 Å². The maximum absolute atomic E-state index is 11.6. The quantitative estimate of drug-likeness (QED) is 0.784. The predicted octanol–water partition coefficient (Wildman–Crippen LogP) is 3.06. The van der Waals surface area contributed by atoms with Gasteiger partial charge >= 0.3 is 5.97 Å². The summed E-state index contributed by atoms with van der Waals surface area (Å²) in [5, 5.41) is 0. The van der Waals surface area contributed by atoms with Crippen molar-refractivity contribution in [1.82, 2.24) is 4.98 Å². The molecule has 0 saturated carbocycles. The number of carbonyl (C=O) groups excluding carboxylic acids is 1. The third-order valence-electron chi connectivity index (χ3n) is 2.50. The first-order valence-electron chi connectivity index (χ1n) is 6.18. The number of rotatable bonds is 5. The van der Waals surface area contributed by atoms with Gasteiger partial charge in [0.25, 0.3) is 0 Å². The van der Waals surface area contributed by atoms with Crippen LogP contribution in [0.4, 0.5) is 0 Å². The van der Waals surface area contributed by atoms with Crippen LogP contribution < -0.4 is 9.47 Å². The van der Waals surface area contributed by atoms with Crippen molar-refractivity contribution in [3.63, 3.8) is 0 Å². The zero-order chi connectivity index (χ0) is 14.4. The van der Waals surface area contributed by atoms with Gasteiger partial charge in [-0.05, 0) is 31.2 Å². The zero-order valence-corrected chi connectivity index (χ0v) is 11.3. The van der Waals surface area contributed by atoms with Crippen LogP contribution in [0.15, 0.2) is 42.6 Å². The topological polar surface area (TPSA) is 57.7 Å². The summed E-state index contributed by atoms with van der Waals surface area (Å²) in [7, 11) is 1.55. The fourth-order valence-electron chi connectivity index (χ4n) is 1.58. The third kappa shape index (κ3) is 3.47. The second kappa shape index (κ2) is 6.56. The number of nitrogens with zero attached hydrogens (tertiary/aromatic N) is 1. The summed E-state index contributed by atoms with van der Waals surface area (Å²) in [5.41, 5.74) is 0.450. The van der Waals surface area contributed by atoms with E-state index in [0.717, 1.165) is 0 Å². The lowest BCUT2D eigenvalue weighted by Crippen LogP contribution is -2.04. The summed E-state index contributed by atoms with van der Waals surface area (Å²) >= 11 is 0. The number of hydrogen-bond donors (Lipinski definition) is 0. The fraction of sp³-hybridized carbons (Fsp3) is 0.200. The van der Waals surface area contributed by atoms with Crippen molar-refractivity contribution in [3.8, 4) is 17.4 Å². The van der Waals surface area contributed by atoms with Crippen molar-refractivity contribution in [3.05, 3.63) is 48.2 Å². The predicted molar refractivity (Wildman–Crippen MR) is 73.3 cm³/mol. The van der Waals surface area contributed by atoms with E-state index < -0.39 is 0 Å². The Morgan fingerprint density at radius 1 is 1.20 bits per heavy atom. The number of esters is 1. The zero-order valence-electron chi connectivity index (χ0n) is 11.3. The molecule has 2 aromatic rings. The van der Waals surface area contributed by atoms with Gasteiger partial charge in [0, 0.05) is 6.07 Å². The first-order valence-corrected chi connectivity index (χ1v) is 6.18. The number of ether oxygens (including phenoxy) is 3. The van der Waals surface area contributed by atoms with E-state index >= 15 is 0 Å². The lowest BCUT2D eigenvalue weighted by atomic mass is 10.2. The molecule has 0 bridgehead atoms. The van der Waals surface area contributed by atoms with Crippen molar-refractivity contribution in [2.75, 3.05) is 13.7 Å². The van der Waals surface area contributed by atoms with E-state index in [2.05, 4.69) is 4.98 Å². The second-order valence-corrected chi connectivity index (χ2v) is 3.89. The Bertz CT molecular complexity index is 581. The molecule has 0 saturated heterocycles. The Balaban J connectivity index is 2.12. The molecular weight excluding hydrogens is 258 g/mol. The van der Waals surface area contributed by atoms with Crippen LogP contribution in [-0.2, 0) is 4.74 Å². The second-order valence-electron chi connectivity index (χ2n) is 3.89. The molecule has 0 atom stereocenters. The number of carbonyl (C=O) groups is 1. The molecule has 0 N–H and O–H groups in total. The highest BCUT2D eigenvalue weighted by atomic mass is 16.5. The summed E-state index contributed by atoms with van der Waals surface area (Å²) in [4.78, 5) is 15.7. The van der Waals surface area contributed by atoms with Gasteiger partial charge in [-0.25, -0.2) is 9.78 Å². The summed E-state index contributed by atoms with van der Waals surface area (Å²) in [5.74, 6) is 1.25. The molecule has 104 valence electrons. The van der Waals surface area contributed by atoms with E-state index in [4.69, 9.17) is 14.2 Å². The molecule has 0 fully saturated rings. The number of benzene rings is 1. The largest absolute Gasteiger partial charge is 0.481 e. The highest BCUT2D eigenvalue weighted by Crippen LogP contribution is 2.23. The van der Waals surface area contributed by atoms with E-state index in [-0.39, 0.29) is 5.97 Å². The van der Waals surface area contributed by atoms with Gasteiger partial charge in [-0.3, -0.25) is 0 Å². The van der Waals surface area contributed by atoms with E-state index in [1.54, 1.807) is 56.6 Å². The number of methoxy groups -OCH3 is 1. The molecule has 0 unspecified atom stereocenters. The van der Waals surface area contributed by atoms with Crippen LogP contribution in [0.25, 0.3) is 0 Å². The monoisotopic (exact) mass is 273 g/mol. The highest BCUT2D eigenvalue weighted by molar-refractivity contribution is 5.89. The van der Waals surface area contributed by atoms with E-state index in [9.17, 15) is 4.79 Å². The van der Waals surface area contributed by atoms with Crippen LogP contribution in [-0.4, -0.2) is 24.7 Å². The Kier molecular flexibility index (Phi) is 4.55. The first kappa shape index (κ1) is 13.9. The van der Waals surface area contributed by atoms with Crippen LogP contribution in [0.2, 0.25) is 0 Å². The number of pyridine rings is 1. The first-order chi connectivity index (χ1) is 9.72. The lowest BCUT2D eigenvalue weighted by molar-refractivity contribution is 0.0526. The Hall–Kier alpha value is -2.56. The lowest BCUT2D eigenvalue weighted by Gasteiger charge is -2.07. The number of hydrogen-bond acceptors (Lipinski definition) is 5. The molecule has 0 amide bonds. The van der Waals surface area contributed by atoms with Gasteiger partial charge in [0.05, 0.1) is 25.5 Å². The molecule has 2 rings (SSSR count). The van der Waals surface area contributed by atoms with E-state index in [1.165, 1.54) is 0 Å². The van der Waals surface area contributed by atoms with Gasteiger partial charge in [0.2, 0.25) is 5.88 Å². The van der Waals surface area contributed by atoms with Crippen LogP contribution in [0.3, 0.4) is 0 Å². The van der Waals surface area contributed by atoms with Gasteiger partial charge in [-0.1, -0.05) is 6.07 Å². The summed E-state index contributed by atoms with van der Waals surface area (Å²) in [6.07, 6.45) is 1.55. The average molecular weight is 273 g/mol. The van der Waals surface area contributed by atoms with Gasteiger partial charge in [-0.15, -0.1) is 0 Å². The molecule has 0 aliphatic carbocycles. The molecular formula is C15H15NO4. The minimum atomic E-state index is -0.370. The van der Waals surface area contributed by atoms with Gasteiger partial charge in [-0.2, -0.15) is 0 Å². The molecule has 1 aromatic heterocycles. The van der Waals surface area contributed by atoms with Gasteiger partial charge in [0.1, 0.15) is 11.5 Å². The molecule has 20 heavy (non-hydrogen) atoms. The molecule has 5 nitrogen and oxygen atoms in total. The fourth-order valence-corrected chi connectivity index (χ4v) is 1.58. The van der Waals surface area contributed by atoms with Crippen LogP contribution in [0.5, 0.6) is 17.4 Å². The van der Waals surface area contributed by atoms with E-state index in [1.807, 2.05) is 0 Å². The third-order valence-corrected chi connectivity index (χ3v) is 2.50. The summed E-state index contributed by atoms with van der Waals surface area (Å²) in [6, 6.07) is 10.2. The van der Waals surface area contributed by atoms with Crippen molar-refractivity contribution in [1.29, 1.82) is 0 Å². The van der Waals surface area contributed by atoms with E-state index in [0.29, 0.717) is 29.5 Å².